The van der Waals surface area contributed by atoms with Crippen molar-refractivity contribution in [1.29, 1.82) is 0 Å². The summed E-state index contributed by atoms with van der Waals surface area (Å²) in [6.45, 7) is 9.62. The largest absolute Gasteiger partial charge is 0.356 e. The summed E-state index contributed by atoms with van der Waals surface area (Å²) in [7, 11) is 0. The molecule has 1 heterocycles. The van der Waals surface area contributed by atoms with E-state index in [1.54, 1.807) is 0 Å². The van der Waals surface area contributed by atoms with Crippen LogP contribution in [-0.2, 0) is 9.59 Å². The van der Waals surface area contributed by atoms with Crippen molar-refractivity contribution in [2.75, 3.05) is 26.2 Å². The molecule has 0 aromatic carbocycles. The van der Waals surface area contributed by atoms with E-state index < -0.39 is 0 Å². The van der Waals surface area contributed by atoms with Crippen molar-refractivity contribution in [3.63, 3.8) is 0 Å². The summed E-state index contributed by atoms with van der Waals surface area (Å²) in [6.07, 6.45) is 3.13. The highest BCUT2D eigenvalue weighted by Crippen LogP contribution is 2.17. The van der Waals surface area contributed by atoms with Crippen molar-refractivity contribution in [2.24, 2.45) is 11.8 Å². The van der Waals surface area contributed by atoms with Gasteiger partial charge in [-0.05, 0) is 31.8 Å². The van der Waals surface area contributed by atoms with Crippen LogP contribution in [0, 0.1) is 11.8 Å². The molecule has 0 atom stereocenters. The highest BCUT2D eigenvalue weighted by Gasteiger charge is 2.24. The van der Waals surface area contributed by atoms with Gasteiger partial charge < -0.3 is 10.2 Å². The molecular weight excluding hydrogens is 240 g/mol. The molecule has 1 N–H and O–H groups in total. The standard InChI is InChI=1S/C15H28N2O2/c1-4-14(18)7-10-17-8-5-13(6-9-17)15(19)16-11-12(2)3/h12-13H,4-11H2,1-3H3,(H,16,19). The van der Waals surface area contributed by atoms with E-state index in [2.05, 4.69) is 24.1 Å². The zero-order chi connectivity index (χ0) is 14.3. The smallest absolute Gasteiger partial charge is 0.223 e. The van der Waals surface area contributed by atoms with E-state index in [0.29, 0.717) is 24.5 Å². The average molecular weight is 268 g/mol. The number of amides is 1. The first kappa shape index (κ1) is 16.2. The van der Waals surface area contributed by atoms with Gasteiger partial charge in [-0.25, -0.2) is 0 Å². The third-order valence-electron chi connectivity index (χ3n) is 3.74. The molecule has 0 aromatic rings. The molecular formula is C15H28N2O2. The van der Waals surface area contributed by atoms with Crippen molar-refractivity contribution < 1.29 is 9.59 Å². The van der Waals surface area contributed by atoms with E-state index >= 15 is 0 Å². The summed E-state index contributed by atoms with van der Waals surface area (Å²) in [4.78, 5) is 25.5. The Morgan fingerprint density at radius 3 is 2.42 bits per heavy atom. The quantitative estimate of drug-likeness (QED) is 0.766. The molecule has 19 heavy (non-hydrogen) atoms. The van der Waals surface area contributed by atoms with Gasteiger partial charge in [0.15, 0.2) is 0 Å². The maximum Gasteiger partial charge on any atom is 0.223 e. The van der Waals surface area contributed by atoms with Crippen LogP contribution in [0.5, 0.6) is 0 Å². The third-order valence-corrected chi connectivity index (χ3v) is 3.74. The SMILES string of the molecule is CCC(=O)CCN1CCC(C(=O)NCC(C)C)CC1. The second kappa shape index (κ2) is 8.31. The minimum atomic E-state index is 0.164. The van der Waals surface area contributed by atoms with Gasteiger partial charge in [0.2, 0.25) is 5.91 Å². The summed E-state index contributed by atoms with van der Waals surface area (Å²) in [5.41, 5.74) is 0. The Morgan fingerprint density at radius 1 is 1.26 bits per heavy atom. The molecule has 0 radical (unpaired) electrons. The lowest BCUT2D eigenvalue weighted by Crippen LogP contribution is -2.41. The van der Waals surface area contributed by atoms with Crippen molar-refractivity contribution in [2.45, 2.75) is 46.5 Å². The Morgan fingerprint density at radius 2 is 1.89 bits per heavy atom. The number of ketones is 1. The highest BCUT2D eigenvalue weighted by atomic mass is 16.2. The van der Waals surface area contributed by atoms with Crippen molar-refractivity contribution >= 4 is 11.7 Å². The number of nitrogens with one attached hydrogen (secondary N) is 1. The molecule has 1 fully saturated rings. The summed E-state index contributed by atoms with van der Waals surface area (Å²) >= 11 is 0. The number of nitrogens with zero attached hydrogens (tertiary/aromatic N) is 1. The number of hydrogen-bond acceptors (Lipinski definition) is 3. The summed E-state index contributed by atoms with van der Waals surface area (Å²) in [5.74, 6) is 1.20. The van der Waals surface area contributed by atoms with Crippen LogP contribution in [0.1, 0.15) is 46.5 Å². The van der Waals surface area contributed by atoms with Crippen LogP contribution in [0.4, 0.5) is 0 Å². The summed E-state index contributed by atoms with van der Waals surface area (Å²) in [5, 5.41) is 3.01. The van der Waals surface area contributed by atoms with Gasteiger partial charge in [-0.2, -0.15) is 0 Å². The van der Waals surface area contributed by atoms with E-state index in [9.17, 15) is 9.59 Å². The van der Waals surface area contributed by atoms with Crippen LogP contribution >= 0.6 is 0 Å². The normalized spacial score (nSPS) is 17.7. The Kier molecular flexibility index (Phi) is 7.06. The van der Waals surface area contributed by atoms with E-state index in [1.165, 1.54) is 0 Å². The minimum absolute atomic E-state index is 0.164. The fraction of sp³-hybridized carbons (Fsp3) is 0.867. The van der Waals surface area contributed by atoms with Crippen LogP contribution in [0.3, 0.4) is 0 Å². The lowest BCUT2D eigenvalue weighted by molar-refractivity contribution is -0.127. The molecule has 0 saturated carbocycles. The predicted molar refractivity (Wildman–Crippen MR) is 76.9 cm³/mol. The molecule has 4 nitrogen and oxygen atoms in total. The number of rotatable bonds is 7. The molecule has 0 aliphatic carbocycles. The lowest BCUT2D eigenvalue weighted by atomic mass is 9.95. The molecule has 4 heteroatoms. The van der Waals surface area contributed by atoms with E-state index in [0.717, 1.165) is 39.0 Å². The van der Waals surface area contributed by atoms with Gasteiger partial charge in [0, 0.05) is 31.8 Å². The van der Waals surface area contributed by atoms with Gasteiger partial charge >= 0.3 is 0 Å². The van der Waals surface area contributed by atoms with Gasteiger partial charge in [0.1, 0.15) is 5.78 Å². The second-order valence-electron chi connectivity index (χ2n) is 5.90. The minimum Gasteiger partial charge on any atom is -0.356 e. The zero-order valence-corrected chi connectivity index (χ0v) is 12.6. The molecule has 0 aromatic heterocycles. The lowest BCUT2D eigenvalue weighted by Gasteiger charge is -2.31. The molecule has 1 aliphatic heterocycles. The monoisotopic (exact) mass is 268 g/mol. The van der Waals surface area contributed by atoms with E-state index in [1.807, 2.05) is 6.92 Å². The van der Waals surface area contributed by atoms with Crippen molar-refractivity contribution in [3.05, 3.63) is 0 Å². The Hall–Kier alpha value is -0.900. The molecule has 0 spiro atoms. The van der Waals surface area contributed by atoms with Crippen LogP contribution in [0.2, 0.25) is 0 Å². The Balaban J connectivity index is 2.21. The average Bonchev–Trinajstić information content (AvgIpc) is 2.42. The molecule has 110 valence electrons. The van der Waals surface area contributed by atoms with E-state index in [4.69, 9.17) is 0 Å². The number of Topliss-reactive ketones (excluding diaryl/α,β-unsaturated/α-hetero) is 1. The first-order valence-corrected chi connectivity index (χ1v) is 7.54. The number of likely N-dealkylation sites (tertiary alicyclic amines) is 1. The molecule has 0 bridgehead atoms. The first-order chi connectivity index (χ1) is 9.02. The first-order valence-electron chi connectivity index (χ1n) is 7.54. The van der Waals surface area contributed by atoms with Gasteiger partial charge in [-0.15, -0.1) is 0 Å². The number of carbonyl (C=O) groups is 2. The Bertz CT molecular complexity index is 295. The van der Waals surface area contributed by atoms with Gasteiger partial charge in [-0.3, -0.25) is 9.59 Å². The van der Waals surface area contributed by atoms with Gasteiger partial charge in [0.25, 0.3) is 0 Å². The van der Waals surface area contributed by atoms with E-state index in [-0.39, 0.29) is 11.8 Å². The summed E-state index contributed by atoms with van der Waals surface area (Å²) < 4.78 is 0. The number of carbonyl (C=O) groups excluding carboxylic acids is 2. The molecule has 1 amide bonds. The van der Waals surface area contributed by atoms with Crippen molar-refractivity contribution in [1.82, 2.24) is 10.2 Å². The van der Waals surface area contributed by atoms with Crippen LogP contribution in [-0.4, -0.2) is 42.8 Å². The molecule has 1 aliphatic rings. The fourth-order valence-corrected chi connectivity index (χ4v) is 2.33. The van der Waals surface area contributed by atoms with Crippen LogP contribution in [0.25, 0.3) is 0 Å². The van der Waals surface area contributed by atoms with Crippen LogP contribution in [0.15, 0.2) is 0 Å². The number of piperidine rings is 1. The predicted octanol–water partition coefficient (Wildman–Crippen LogP) is 1.84. The molecule has 1 saturated heterocycles. The second-order valence-corrected chi connectivity index (χ2v) is 5.90. The Labute approximate surface area is 116 Å². The fourth-order valence-electron chi connectivity index (χ4n) is 2.33. The van der Waals surface area contributed by atoms with Gasteiger partial charge in [0.05, 0.1) is 0 Å². The maximum atomic E-state index is 11.9. The third kappa shape index (κ3) is 6.19. The van der Waals surface area contributed by atoms with Gasteiger partial charge in [-0.1, -0.05) is 20.8 Å². The van der Waals surface area contributed by atoms with Crippen LogP contribution < -0.4 is 5.32 Å². The number of hydrogen-bond donors (Lipinski definition) is 1. The van der Waals surface area contributed by atoms with Crippen molar-refractivity contribution in [3.8, 4) is 0 Å². The topological polar surface area (TPSA) is 49.4 Å². The maximum absolute atomic E-state index is 11.9. The molecule has 1 rings (SSSR count). The zero-order valence-electron chi connectivity index (χ0n) is 12.6. The molecule has 0 unspecified atom stereocenters. The summed E-state index contributed by atoms with van der Waals surface area (Å²) in [6, 6.07) is 0. The highest BCUT2D eigenvalue weighted by molar-refractivity contribution is 5.79.